The highest BCUT2D eigenvalue weighted by atomic mass is 14.9. The number of unbranched alkanes of at least 4 members (excludes halogenated alkanes) is 2. The lowest BCUT2D eigenvalue weighted by Crippen LogP contribution is -2.20. The van der Waals surface area contributed by atoms with Gasteiger partial charge in [-0.1, -0.05) is 26.2 Å². The minimum Gasteiger partial charge on any atom is -0.349 e. The summed E-state index contributed by atoms with van der Waals surface area (Å²) >= 11 is 0. The van der Waals surface area contributed by atoms with Crippen LogP contribution in [0.1, 0.15) is 44.9 Å². The van der Waals surface area contributed by atoms with Crippen molar-refractivity contribution >= 4 is 0 Å². The smallest absolute Gasteiger partial charge is 0.106 e. The van der Waals surface area contributed by atoms with Crippen molar-refractivity contribution in [2.75, 3.05) is 0 Å². The molecule has 3 heteroatoms. The molecule has 0 aromatic carbocycles. The van der Waals surface area contributed by atoms with Crippen molar-refractivity contribution in [1.29, 1.82) is 0 Å². The summed E-state index contributed by atoms with van der Waals surface area (Å²) in [7, 11) is 0. The summed E-state index contributed by atoms with van der Waals surface area (Å²) in [6, 6.07) is 0.339. The molecule has 1 rings (SSSR count). The molecule has 0 aliphatic heterocycles. The molecule has 0 spiro atoms. The van der Waals surface area contributed by atoms with Gasteiger partial charge in [0, 0.05) is 24.9 Å². The topological polar surface area (TPSA) is 54.7 Å². The molecule has 0 aliphatic carbocycles. The Morgan fingerprint density at radius 3 is 2.93 bits per heavy atom. The van der Waals surface area contributed by atoms with Crippen molar-refractivity contribution < 1.29 is 0 Å². The monoisotopic (exact) mass is 195 g/mol. The average molecular weight is 195 g/mol. The van der Waals surface area contributed by atoms with E-state index in [1.165, 1.54) is 19.3 Å². The predicted octanol–water partition coefficient (Wildman–Crippen LogP) is 2.25. The van der Waals surface area contributed by atoms with E-state index in [9.17, 15) is 0 Å². The molecule has 80 valence electrons. The van der Waals surface area contributed by atoms with Gasteiger partial charge in [-0.2, -0.15) is 0 Å². The Morgan fingerprint density at radius 2 is 2.29 bits per heavy atom. The number of rotatable bonds is 7. The molecular formula is C11H21N3. The van der Waals surface area contributed by atoms with Gasteiger partial charge in [0.2, 0.25) is 0 Å². The molecule has 0 aliphatic rings. The fourth-order valence-electron chi connectivity index (χ4n) is 1.56. The summed E-state index contributed by atoms with van der Waals surface area (Å²) in [4.78, 5) is 7.27. The third kappa shape index (κ3) is 4.42. The zero-order chi connectivity index (χ0) is 10.2. The van der Waals surface area contributed by atoms with Crippen LogP contribution in [0.25, 0.3) is 0 Å². The van der Waals surface area contributed by atoms with Crippen LogP contribution in [0.2, 0.25) is 0 Å². The van der Waals surface area contributed by atoms with Gasteiger partial charge in [0.15, 0.2) is 0 Å². The molecule has 3 N–H and O–H groups in total. The summed E-state index contributed by atoms with van der Waals surface area (Å²) in [5.74, 6) is 1.05. The van der Waals surface area contributed by atoms with Gasteiger partial charge in [-0.25, -0.2) is 4.98 Å². The highest BCUT2D eigenvalue weighted by Crippen LogP contribution is 2.06. The molecule has 1 heterocycles. The summed E-state index contributed by atoms with van der Waals surface area (Å²) in [6.07, 6.45) is 10.6. The zero-order valence-electron chi connectivity index (χ0n) is 9.00. The van der Waals surface area contributed by atoms with E-state index in [-0.39, 0.29) is 0 Å². The predicted molar refractivity (Wildman–Crippen MR) is 59.0 cm³/mol. The maximum absolute atomic E-state index is 5.99. The Hall–Kier alpha value is -0.830. The number of nitrogens with two attached hydrogens (primary N) is 1. The van der Waals surface area contributed by atoms with Crippen molar-refractivity contribution in [3.8, 4) is 0 Å². The van der Waals surface area contributed by atoms with E-state index in [1.54, 1.807) is 6.20 Å². The first-order valence-corrected chi connectivity index (χ1v) is 5.56. The highest BCUT2D eigenvalue weighted by Gasteiger charge is 2.03. The molecule has 14 heavy (non-hydrogen) atoms. The van der Waals surface area contributed by atoms with Crippen LogP contribution >= 0.6 is 0 Å². The molecule has 0 fully saturated rings. The summed E-state index contributed by atoms with van der Waals surface area (Å²) in [5, 5.41) is 0. The van der Waals surface area contributed by atoms with Crippen LogP contribution in [0, 0.1) is 0 Å². The molecule has 0 bridgehead atoms. The number of hydrogen-bond donors (Lipinski definition) is 2. The van der Waals surface area contributed by atoms with E-state index >= 15 is 0 Å². The van der Waals surface area contributed by atoms with Gasteiger partial charge in [-0.05, 0) is 12.8 Å². The number of aromatic amines is 1. The Labute approximate surface area is 86.1 Å². The first kappa shape index (κ1) is 11.2. The molecule has 1 aromatic heterocycles. The molecule has 0 amide bonds. The molecule has 0 radical (unpaired) electrons. The number of nitrogens with one attached hydrogen (secondary N) is 1. The lowest BCUT2D eigenvalue weighted by Gasteiger charge is -2.09. The third-order valence-electron chi connectivity index (χ3n) is 2.49. The minimum absolute atomic E-state index is 0.339. The number of nitrogens with zero attached hydrogens (tertiary/aromatic N) is 1. The lowest BCUT2D eigenvalue weighted by molar-refractivity contribution is 0.525. The van der Waals surface area contributed by atoms with E-state index in [0.29, 0.717) is 6.04 Å². The summed E-state index contributed by atoms with van der Waals surface area (Å²) in [6.45, 7) is 2.22. The quantitative estimate of drug-likeness (QED) is 0.656. The van der Waals surface area contributed by atoms with Crippen molar-refractivity contribution in [3.63, 3.8) is 0 Å². The van der Waals surface area contributed by atoms with E-state index in [2.05, 4.69) is 16.9 Å². The van der Waals surface area contributed by atoms with E-state index in [4.69, 9.17) is 5.73 Å². The maximum Gasteiger partial charge on any atom is 0.106 e. The first-order valence-electron chi connectivity index (χ1n) is 5.56. The fraction of sp³-hybridized carbons (Fsp3) is 0.727. The Balaban J connectivity index is 2.06. The van der Waals surface area contributed by atoms with Gasteiger partial charge < -0.3 is 10.7 Å². The van der Waals surface area contributed by atoms with Gasteiger partial charge in [0.1, 0.15) is 5.82 Å². The fourth-order valence-corrected chi connectivity index (χ4v) is 1.56. The average Bonchev–Trinajstić information content (AvgIpc) is 2.68. The number of aromatic nitrogens is 2. The second-order valence-corrected chi connectivity index (χ2v) is 3.83. The second-order valence-electron chi connectivity index (χ2n) is 3.83. The van der Waals surface area contributed by atoms with Crippen LogP contribution in [-0.2, 0) is 6.42 Å². The SMILES string of the molecule is CCCCCC(N)CCc1ncc[nH]1. The van der Waals surface area contributed by atoms with Gasteiger partial charge >= 0.3 is 0 Å². The second kappa shape index (κ2) is 6.60. The van der Waals surface area contributed by atoms with E-state index in [0.717, 1.165) is 25.1 Å². The van der Waals surface area contributed by atoms with Gasteiger partial charge in [0.05, 0.1) is 0 Å². The largest absolute Gasteiger partial charge is 0.349 e. The summed E-state index contributed by atoms with van der Waals surface area (Å²) < 4.78 is 0. The first-order chi connectivity index (χ1) is 6.83. The van der Waals surface area contributed by atoms with E-state index in [1.807, 2.05) is 6.20 Å². The van der Waals surface area contributed by atoms with Crippen molar-refractivity contribution in [2.45, 2.75) is 51.5 Å². The highest BCUT2D eigenvalue weighted by molar-refractivity contribution is 4.87. The molecule has 3 nitrogen and oxygen atoms in total. The molecular weight excluding hydrogens is 174 g/mol. The molecule has 1 atom stereocenters. The maximum atomic E-state index is 5.99. The van der Waals surface area contributed by atoms with Crippen LogP contribution in [0.5, 0.6) is 0 Å². The third-order valence-corrected chi connectivity index (χ3v) is 2.49. The van der Waals surface area contributed by atoms with Crippen LogP contribution in [-0.4, -0.2) is 16.0 Å². The molecule has 1 aromatic rings. The minimum atomic E-state index is 0.339. The number of imidazole rings is 1. The van der Waals surface area contributed by atoms with Crippen LogP contribution in [0.15, 0.2) is 12.4 Å². The van der Waals surface area contributed by atoms with Gasteiger partial charge in [0.25, 0.3) is 0 Å². The van der Waals surface area contributed by atoms with E-state index < -0.39 is 0 Å². The van der Waals surface area contributed by atoms with Gasteiger partial charge in [-0.15, -0.1) is 0 Å². The Morgan fingerprint density at radius 1 is 1.43 bits per heavy atom. The van der Waals surface area contributed by atoms with Crippen LogP contribution in [0.3, 0.4) is 0 Å². The molecule has 0 saturated heterocycles. The lowest BCUT2D eigenvalue weighted by atomic mass is 10.0. The van der Waals surface area contributed by atoms with Crippen molar-refractivity contribution in [1.82, 2.24) is 9.97 Å². The normalized spacial score (nSPS) is 13.0. The Bertz CT molecular complexity index is 218. The molecule has 1 unspecified atom stereocenters. The van der Waals surface area contributed by atoms with Crippen molar-refractivity contribution in [3.05, 3.63) is 18.2 Å². The number of hydrogen-bond acceptors (Lipinski definition) is 2. The number of aryl methyl sites for hydroxylation is 1. The Kier molecular flexibility index (Phi) is 5.30. The summed E-state index contributed by atoms with van der Waals surface area (Å²) in [5.41, 5.74) is 5.99. The standard InChI is InChI=1S/C11H21N3/c1-2-3-4-5-10(12)6-7-11-13-8-9-14-11/h8-10H,2-7,12H2,1H3,(H,13,14). The zero-order valence-corrected chi connectivity index (χ0v) is 9.00. The van der Waals surface area contributed by atoms with Gasteiger partial charge in [-0.3, -0.25) is 0 Å². The molecule has 0 saturated carbocycles. The van der Waals surface area contributed by atoms with Crippen LogP contribution in [0.4, 0.5) is 0 Å². The van der Waals surface area contributed by atoms with Crippen LogP contribution < -0.4 is 5.73 Å². The number of H-pyrrole nitrogens is 1. The van der Waals surface area contributed by atoms with Crippen molar-refractivity contribution in [2.24, 2.45) is 5.73 Å².